The van der Waals surface area contributed by atoms with E-state index in [1.165, 1.54) is 22.6 Å². The van der Waals surface area contributed by atoms with E-state index in [9.17, 15) is 18.5 Å². The molecule has 35 heavy (non-hydrogen) atoms. The number of carbonyl (C=O) groups is 1. The van der Waals surface area contributed by atoms with Crippen molar-refractivity contribution in [2.75, 3.05) is 38.0 Å². The number of aromatic nitrogens is 3. The van der Waals surface area contributed by atoms with Crippen LogP contribution in [0.1, 0.15) is 35.9 Å². The molecule has 4 rings (SSSR count). The second-order valence-electron chi connectivity index (χ2n) is 8.58. The van der Waals surface area contributed by atoms with Gasteiger partial charge in [-0.25, -0.2) is 17.9 Å². The number of anilines is 1. The van der Waals surface area contributed by atoms with Crippen LogP contribution in [0.15, 0.2) is 35.4 Å². The zero-order chi connectivity index (χ0) is 25.2. The molecule has 0 unspecified atom stereocenters. The first-order valence-electron chi connectivity index (χ1n) is 11.6. The molecule has 0 atom stereocenters. The van der Waals surface area contributed by atoms with Gasteiger partial charge in [-0.05, 0) is 56.6 Å². The Kier molecular flexibility index (Phi) is 7.16. The standard InChI is InChI=1S/C24H29N7O3S/c1-4-29-11-13-30(14-12-29)35(33,34)21-7-5-20(6-8-21)28-23(32)10-9-22-17(2)27-24-19(15-25)16-26-31(24)18(22)3/h5-8,16H,4,9-14H2,1-3H3,(H,28,32). The van der Waals surface area contributed by atoms with Gasteiger partial charge in [0.2, 0.25) is 15.9 Å². The van der Waals surface area contributed by atoms with Crippen molar-refractivity contribution in [3.8, 4) is 6.07 Å². The Balaban J connectivity index is 1.38. The molecule has 0 saturated carbocycles. The molecule has 11 heteroatoms. The molecule has 0 aliphatic carbocycles. The highest BCUT2D eigenvalue weighted by Gasteiger charge is 2.28. The number of piperazine rings is 1. The number of likely N-dealkylation sites (N-methyl/N-ethyl adjacent to an activating group) is 1. The largest absolute Gasteiger partial charge is 0.326 e. The molecule has 1 fully saturated rings. The molecule has 0 radical (unpaired) electrons. The number of amides is 1. The van der Waals surface area contributed by atoms with Crippen LogP contribution >= 0.6 is 0 Å². The maximum Gasteiger partial charge on any atom is 0.243 e. The van der Waals surface area contributed by atoms with E-state index in [-0.39, 0.29) is 17.2 Å². The Bertz CT molecular complexity index is 1380. The number of nitriles is 1. The van der Waals surface area contributed by atoms with E-state index in [2.05, 4.69) is 33.3 Å². The van der Waals surface area contributed by atoms with Crippen LogP contribution in [0.5, 0.6) is 0 Å². The normalized spacial score (nSPS) is 15.3. The lowest BCUT2D eigenvalue weighted by atomic mass is 10.1. The molecule has 0 spiro atoms. The first-order valence-corrected chi connectivity index (χ1v) is 13.0. The Morgan fingerprint density at radius 3 is 2.46 bits per heavy atom. The van der Waals surface area contributed by atoms with Crippen molar-refractivity contribution in [1.29, 1.82) is 5.26 Å². The highest BCUT2D eigenvalue weighted by atomic mass is 32.2. The van der Waals surface area contributed by atoms with Crippen molar-refractivity contribution in [3.63, 3.8) is 0 Å². The van der Waals surface area contributed by atoms with Crippen LogP contribution in [0, 0.1) is 25.2 Å². The number of hydrogen-bond donors (Lipinski definition) is 1. The Labute approximate surface area is 205 Å². The molecule has 1 aliphatic rings. The summed E-state index contributed by atoms with van der Waals surface area (Å²) in [4.78, 5) is 19.5. The van der Waals surface area contributed by atoms with Crippen molar-refractivity contribution < 1.29 is 13.2 Å². The molecule has 0 bridgehead atoms. The number of benzene rings is 1. The lowest BCUT2D eigenvalue weighted by Crippen LogP contribution is -2.48. The fourth-order valence-electron chi connectivity index (χ4n) is 4.36. The average Bonchev–Trinajstić information content (AvgIpc) is 3.27. The number of nitrogens with one attached hydrogen (secondary N) is 1. The van der Waals surface area contributed by atoms with Crippen LogP contribution in [0.3, 0.4) is 0 Å². The van der Waals surface area contributed by atoms with Crippen LogP contribution in [0.2, 0.25) is 0 Å². The minimum atomic E-state index is -3.55. The second kappa shape index (κ2) is 10.1. The van der Waals surface area contributed by atoms with E-state index in [1.54, 1.807) is 16.6 Å². The van der Waals surface area contributed by atoms with Gasteiger partial charge < -0.3 is 10.2 Å². The minimum absolute atomic E-state index is 0.187. The van der Waals surface area contributed by atoms with Crippen molar-refractivity contribution in [2.24, 2.45) is 0 Å². The summed E-state index contributed by atoms with van der Waals surface area (Å²) in [5, 5.41) is 16.3. The van der Waals surface area contributed by atoms with Gasteiger partial charge in [-0.2, -0.15) is 14.7 Å². The summed E-state index contributed by atoms with van der Waals surface area (Å²) in [6.45, 7) is 9.14. The highest BCUT2D eigenvalue weighted by molar-refractivity contribution is 7.89. The van der Waals surface area contributed by atoms with E-state index in [0.29, 0.717) is 36.4 Å². The van der Waals surface area contributed by atoms with Crippen molar-refractivity contribution in [1.82, 2.24) is 23.8 Å². The molecule has 1 amide bonds. The molecule has 3 aromatic rings. The topological polar surface area (TPSA) is 124 Å². The minimum Gasteiger partial charge on any atom is -0.326 e. The van der Waals surface area contributed by atoms with Crippen LogP contribution in [0.4, 0.5) is 5.69 Å². The van der Waals surface area contributed by atoms with Gasteiger partial charge in [-0.3, -0.25) is 4.79 Å². The Hall–Kier alpha value is -3.33. The number of sulfonamides is 1. The van der Waals surface area contributed by atoms with Crippen molar-refractivity contribution >= 4 is 27.3 Å². The van der Waals surface area contributed by atoms with Gasteiger partial charge in [0.1, 0.15) is 11.6 Å². The van der Waals surface area contributed by atoms with Gasteiger partial charge in [0, 0.05) is 49.7 Å². The monoisotopic (exact) mass is 495 g/mol. The fourth-order valence-corrected chi connectivity index (χ4v) is 5.78. The summed E-state index contributed by atoms with van der Waals surface area (Å²) in [6, 6.07) is 8.39. The van der Waals surface area contributed by atoms with Gasteiger partial charge in [-0.15, -0.1) is 0 Å². The molecule has 10 nitrogen and oxygen atoms in total. The second-order valence-corrected chi connectivity index (χ2v) is 10.5. The molecule has 1 aliphatic heterocycles. The molecule has 2 aromatic heterocycles. The van der Waals surface area contributed by atoms with Crippen molar-refractivity contribution in [3.05, 3.63) is 53.0 Å². The summed E-state index contributed by atoms with van der Waals surface area (Å²) in [6.07, 6.45) is 2.17. The van der Waals surface area contributed by atoms with E-state index < -0.39 is 10.0 Å². The van der Waals surface area contributed by atoms with Crippen LogP contribution in [-0.2, 0) is 21.2 Å². The number of rotatable bonds is 7. The lowest BCUT2D eigenvalue weighted by molar-refractivity contribution is -0.116. The molecular weight excluding hydrogens is 466 g/mol. The Morgan fingerprint density at radius 2 is 1.83 bits per heavy atom. The van der Waals surface area contributed by atoms with E-state index >= 15 is 0 Å². The predicted molar refractivity (Wildman–Crippen MR) is 131 cm³/mol. The molecule has 3 heterocycles. The molecule has 1 saturated heterocycles. The number of carbonyl (C=O) groups excluding carboxylic acids is 1. The quantitative estimate of drug-likeness (QED) is 0.532. The highest BCUT2D eigenvalue weighted by Crippen LogP contribution is 2.21. The van der Waals surface area contributed by atoms with Crippen molar-refractivity contribution in [2.45, 2.75) is 38.5 Å². The van der Waals surface area contributed by atoms with Crippen LogP contribution < -0.4 is 5.32 Å². The lowest BCUT2D eigenvalue weighted by Gasteiger charge is -2.33. The van der Waals surface area contributed by atoms with Gasteiger partial charge in [0.05, 0.1) is 11.1 Å². The van der Waals surface area contributed by atoms with Crippen LogP contribution in [0.25, 0.3) is 5.65 Å². The molecule has 1 N–H and O–H groups in total. The maximum absolute atomic E-state index is 12.9. The summed E-state index contributed by atoms with van der Waals surface area (Å²) >= 11 is 0. The summed E-state index contributed by atoms with van der Waals surface area (Å²) < 4.78 is 29.0. The zero-order valence-corrected chi connectivity index (χ0v) is 21.0. The average molecular weight is 496 g/mol. The summed E-state index contributed by atoms with van der Waals surface area (Å²) in [7, 11) is -3.55. The zero-order valence-electron chi connectivity index (χ0n) is 20.2. The third-order valence-corrected chi connectivity index (χ3v) is 8.40. The van der Waals surface area contributed by atoms with Crippen LogP contribution in [-0.4, -0.2) is 70.9 Å². The van der Waals surface area contributed by atoms with Gasteiger partial charge in [-0.1, -0.05) is 6.92 Å². The number of hydrogen-bond acceptors (Lipinski definition) is 7. The van der Waals surface area contributed by atoms with E-state index in [1.807, 2.05) is 13.8 Å². The smallest absolute Gasteiger partial charge is 0.243 e. The predicted octanol–water partition coefficient (Wildman–Crippen LogP) is 2.12. The summed E-state index contributed by atoms with van der Waals surface area (Å²) in [5.74, 6) is -0.187. The van der Waals surface area contributed by atoms with E-state index in [4.69, 9.17) is 0 Å². The first-order chi connectivity index (χ1) is 16.7. The third-order valence-electron chi connectivity index (χ3n) is 6.49. The summed E-state index contributed by atoms with van der Waals surface area (Å²) in [5.41, 5.74) is 3.97. The first kappa shape index (κ1) is 24.8. The Morgan fingerprint density at radius 1 is 1.14 bits per heavy atom. The molecule has 184 valence electrons. The number of aryl methyl sites for hydroxylation is 2. The van der Waals surface area contributed by atoms with Gasteiger partial charge in [0.25, 0.3) is 0 Å². The third kappa shape index (κ3) is 5.05. The number of nitrogens with zero attached hydrogens (tertiary/aromatic N) is 6. The van der Waals surface area contributed by atoms with E-state index in [0.717, 1.165) is 36.6 Å². The SMILES string of the molecule is CCN1CCN(S(=O)(=O)c2ccc(NC(=O)CCc3c(C)nc4c(C#N)cnn4c3C)cc2)CC1. The van der Waals surface area contributed by atoms with Gasteiger partial charge in [0.15, 0.2) is 5.65 Å². The maximum atomic E-state index is 12.9. The van der Waals surface area contributed by atoms with Gasteiger partial charge >= 0.3 is 0 Å². The number of fused-ring (bicyclic) bond motifs is 1. The molecular formula is C24H29N7O3S. The fraction of sp³-hybridized carbons (Fsp3) is 0.417. The molecule has 1 aromatic carbocycles.